The molecule has 0 aromatic heterocycles. The Morgan fingerprint density at radius 1 is 1.32 bits per heavy atom. The third kappa shape index (κ3) is 5.37. The topological polar surface area (TPSA) is 59.1 Å². The summed E-state index contributed by atoms with van der Waals surface area (Å²) in [6, 6.07) is 7.67. The Kier molecular flexibility index (Phi) is 5.93. The van der Waals surface area contributed by atoms with Crippen LogP contribution in [0, 0.1) is 5.92 Å². The number of nitrogens with zero attached hydrogens (tertiary/aromatic N) is 2. The molecule has 25 heavy (non-hydrogen) atoms. The number of hydrogen-bond donors (Lipinski definition) is 0. The van der Waals surface area contributed by atoms with E-state index >= 15 is 0 Å². The first-order valence-electron chi connectivity index (χ1n) is 8.55. The summed E-state index contributed by atoms with van der Waals surface area (Å²) in [5.41, 5.74) is 0.486. The van der Waals surface area contributed by atoms with E-state index in [1.807, 2.05) is 45.0 Å². The molecule has 6 nitrogen and oxygen atoms in total. The minimum Gasteiger partial charge on any atom is -0.497 e. The van der Waals surface area contributed by atoms with Gasteiger partial charge in [-0.15, -0.1) is 0 Å². The van der Waals surface area contributed by atoms with Crippen LogP contribution in [0.1, 0.15) is 32.8 Å². The van der Waals surface area contributed by atoms with Crippen molar-refractivity contribution in [3.63, 3.8) is 0 Å². The predicted molar refractivity (Wildman–Crippen MR) is 95.4 cm³/mol. The molecular weight excluding hydrogens is 320 g/mol. The van der Waals surface area contributed by atoms with Gasteiger partial charge < -0.3 is 19.3 Å². The van der Waals surface area contributed by atoms with Gasteiger partial charge in [-0.2, -0.15) is 0 Å². The predicted octanol–water partition coefficient (Wildman–Crippen LogP) is 2.91. The summed E-state index contributed by atoms with van der Waals surface area (Å²) in [5.74, 6) is 0.646. The van der Waals surface area contributed by atoms with Gasteiger partial charge in [0.25, 0.3) is 0 Å². The van der Waals surface area contributed by atoms with Crippen molar-refractivity contribution in [1.29, 1.82) is 0 Å². The van der Waals surface area contributed by atoms with Gasteiger partial charge in [-0.3, -0.25) is 4.79 Å². The number of likely N-dealkylation sites (tertiary alicyclic amines) is 1. The number of methoxy groups -OCH3 is 1. The lowest BCUT2D eigenvalue weighted by atomic mass is 10.1. The quantitative estimate of drug-likeness (QED) is 0.839. The van der Waals surface area contributed by atoms with Crippen LogP contribution in [0.4, 0.5) is 4.79 Å². The number of hydrogen-bond acceptors (Lipinski definition) is 4. The van der Waals surface area contributed by atoms with Crippen LogP contribution in [0.2, 0.25) is 0 Å². The molecule has 0 radical (unpaired) electrons. The average molecular weight is 348 g/mol. The van der Waals surface area contributed by atoms with E-state index in [1.165, 1.54) is 0 Å². The maximum absolute atomic E-state index is 12.7. The molecule has 0 N–H and O–H groups in total. The van der Waals surface area contributed by atoms with Crippen LogP contribution in [-0.2, 0) is 16.1 Å². The van der Waals surface area contributed by atoms with E-state index < -0.39 is 5.60 Å². The fourth-order valence-electron chi connectivity index (χ4n) is 2.89. The zero-order chi connectivity index (χ0) is 18.6. The lowest BCUT2D eigenvalue weighted by molar-refractivity contribution is -0.134. The molecule has 0 unspecified atom stereocenters. The number of benzene rings is 1. The summed E-state index contributed by atoms with van der Waals surface area (Å²) in [7, 11) is 3.41. The monoisotopic (exact) mass is 348 g/mol. The number of rotatable bonds is 4. The molecule has 0 spiro atoms. The molecule has 1 aliphatic rings. The molecule has 138 valence electrons. The van der Waals surface area contributed by atoms with Gasteiger partial charge in [0.1, 0.15) is 11.4 Å². The van der Waals surface area contributed by atoms with E-state index in [2.05, 4.69) is 0 Å². The normalized spacial score (nSPS) is 17.3. The Balaban J connectivity index is 1.91. The molecule has 2 rings (SSSR count). The molecule has 1 aromatic rings. The van der Waals surface area contributed by atoms with Gasteiger partial charge in [0, 0.05) is 26.7 Å². The first kappa shape index (κ1) is 19.1. The first-order chi connectivity index (χ1) is 11.7. The third-order valence-electron chi connectivity index (χ3n) is 4.12. The van der Waals surface area contributed by atoms with Gasteiger partial charge >= 0.3 is 6.09 Å². The van der Waals surface area contributed by atoms with Crippen LogP contribution < -0.4 is 4.74 Å². The van der Waals surface area contributed by atoms with Crippen molar-refractivity contribution in [2.75, 3.05) is 27.2 Å². The Labute approximate surface area is 149 Å². The van der Waals surface area contributed by atoms with Crippen molar-refractivity contribution in [1.82, 2.24) is 9.80 Å². The zero-order valence-electron chi connectivity index (χ0n) is 15.7. The fourth-order valence-corrected chi connectivity index (χ4v) is 2.89. The zero-order valence-corrected chi connectivity index (χ0v) is 15.7. The Morgan fingerprint density at radius 3 is 2.68 bits per heavy atom. The van der Waals surface area contributed by atoms with Crippen LogP contribution in [0.3, 0.4) is 0 Å². The van der Waals surface area contributed by atoms with Gasteiger partial charge in [-0.25, -0.2) is 4.79 Å². The molecular formula is C19H28N2O4. The van der Waals surface area contributed by atoms with E-state index in [9.17, 15) is 9.59 Å². The smallest absolute Gasteiger partial charge is 0.410 e. The SMILES string of the molecule is COc1cccc(CN(C)C(=O)[C@H]2CCN(C(=O)OC(C)(C)C)C2)c1. The van der Waals surface area contributed by atoms with E-state index in [0.29, 0.717) is 26.1 Å². The van der Waals surface area contributed by atoms with Crippen LogP contribution >= 0.6 is 0 Å². The Hall–Kier alpha value is -2.24. The summed E-state index contributed by atoms with van der Waals surface area (Å²) in [4.78, 5) is 28.1. The van der Waals surface area contributed by atoms with E-state index in [0.717, 1.165) is 11.3 Å². The van der Waals surface area contributed by atoms with Crippen molar-refractivity contribution in [3.05, 3.63) is 29.8 Å². The highest BCUT2D eigenvalue weighted by Gasteiger charge is 2.34. The molecule has 1 aliphatic heterocycles. The molecule has 6 heteroatoms. The molecule has 1 aromatic carbocycles. The second-order valence-electron chi connectivity index (χ2n) is 7.46. The van der Waals surface area contributed by atoms with Crippen molar-refractivity contribution in [2.45, 2.75) is 39.3 Å². The molecule has 1 saturated heterocycles. The molecule has 0 saturated carbocycles. The highest BCUT2D eigenvalue weighted by molar-refractivity contribution is 5.80. The highest BCUT2D eigenvalue weighted by atomic mass is 16.6. The number of carbonyl (C=O) groups is 2. The van der Waals surface area contributed by atoms with Gasteiger partial charge in [0.2, 0.25) is 5.91 Å². The molecule has 2 amide bonds. The van der Waals surface area contributed by atoms with Gasteiger partial charge in [-0.05, 0) is 44.9 Å². The Morgan fingerprint density at radius 2 is 2.04 bits per heavy atom. The van der Waals surface area contributed by atoms with Crippen molar-refractivity contribution >= 4 is 12.0 Å². The summed E-state index contributed by atoms with van der Waals surface area (Å²) < 4.78 is 10.6. The maximum atomic E-state index is 12.7. The lowest BCUT2D eigenvalue weighted by Crippen LogP contribution is -2.38. The van der Waals surface area contributed by atoms with E-state index in [-0.39, 0.29) is 17.9 Å². The Bertz CT molecular complexity index is 624. The van der Waals surface area contributed by atoms with Gasteiger partial charge in [0.05, 0.1) is 13.0 Å². The molecule has 0 bridgehead atoms. The second kappa shape index (κ2) is 7.76. The molecule has 1 fully saturated rings. The van der Waals surface area contributed by atoms with Gasteiger partial charge in [-0.1, -0.05) is 12.1 Å². The van der Waals surface area contributed by atoms with Crippen LogP contribution in [-0.4, -0.2) is 54.6 Å². The second-order valence-corrected chi connectivity index (χ2v) is 7.46. The maximum Gasteiger partial charge on any atom is 0.410 e. The summed E-state index contributed by atoms with van der Waals surface area (Å²) in [5, 5.41) is 0. The van der Waals surface area contributed by atoms with E-state index in [1.54, 1.807) is 24.0 Å². The average Bonchev–Trinajstić information content (AvgIpc) is 3.02. The highest BCUT2D eigenvalue weighted by Crippen LogP contribution is 2.22. The van der Waals surface area contributed by atoms with Crippen LogP contribution in [0.25, 0.3) is 0 Å². The van der Waals surface area contributed by atoms with Crippen molar-refractivity contribution in [3.8, 4) is 5.75 Å². The summed E-state index contributed by atoms with van der Waals surface area (Å²) in [6.07, 6.45) is 0.318. The van der Waals surface area contributed by atoms with Crippen LogP contribution in [0.5, 0.6) is 5.75 Å². The van der Waals surface area contributed by atoms with Crippen molar-refractivity contribution < 1.29 is 19.1 Å². The largest absolute Gasteiger partial charge is 0.497 e. The number of ether oxygens (including phenoxy) is 2. The summed E-state index contributed by atoms with van der Waals surface area (Å²) in [6.45, 7) is 7.00. The minimum atomic E-state index is -0.525. The minimum absolute atomic E-state index is 0.0499. The number of amides is 2. The summed E-state index contributed by atoms with van der Waals surface area (Å²) >= 11 is 0. The molecule has 1 atom stereocenters. The van der Waals surface area contributed by atoms with Crippen LogP contribution in [0.15, 0.2) is 24.3 Å². The molecule has 0 aliphatic carbocycles. The third-order valence-corrected chi connectivity index (χ3v) is 4.12. The van der Waals surface area contributed by atoms with Gasteiger partial charge in [0.15, 0.2) is 0 Å². The number of carbonyl (C=O) groups excluding carboxylic acids is 2. The van der Waals surface area contributed by atoms with E-state index in [4.69, 9.17) is 9.47 Å². The molecule has 1 heterocycles. The fraction of sp³-hybridized carbons (Fsp3) is 0.579. The standard InChI is InChI=1S/C19H28N2O4/c1-19(2,3)25-18(23)21-10-9-15(13-21)17(22)20(4)12-14-7-6-8-16(11-14)24-5/h6-8,11,15H,9-10,12-13H2,1-5H3/t15-/m0/s1. The lowest BCUT2D eigenvalue weighted by Gasteiger charge is -2.25. The van der Waals surface area contributed by atoms with Crippen molar-refractivity contribution in [2.24, 2.45) is 5.92 Å². The first-order valence-corrected chi connectivity index (χ1v) is 8.55.